The SMILES string of the molecule is C[C@@H](O)[C@H]1C(=O)N2C(C(=O)O)=C(S[C@@H]3CN[C@H](C(=O)c4cccc(C(=O)O)c4)C3)[C@H](C)[C@H]12. The number of Topliss-reactive ketones (excluding diaryl/α,β-unsaturated/α-hetero) is 1. The van der Waals surface area contributed by atoms with Crippen LogP contribution in [0, 0.1) is 11.8 Å². The number of aliphatic hydroxyl groups excluding tert-OH is 1. The first-order valence-electron chi connectivity index (χ1n) is 10.4. The van der Waals surface area contributed by atoms with Gasteiger partial charge in [0.15, 0.2) is 5.78 Å². The topological polar surface area (TPSA) is 144 Å². The summed E-state index contributed by atoms with van der Waals surface area (Å²) in [4.78, 5) is 50.3. The standard InChI is InChI=1S/C22H24N2O7S/c1-9-16-15(10(2)25)20(27)24(16)17(22(30)31)19(9)32-13-7-14(23-8-13)18(26)11-4-3-5-12(6-11)21(28)29/h3-6,9-10,13-16,23,25H,7-8H2,1-2H3,(H,28,29)(H,30,31)/t9-,10-,13+,14+,15-,16-/m1/s1. The van der Waals surface area contributed by atoms with E-state index in [2.05, 4.69) is 5.32 Å². The third kappa shape index (κ3) is 3.62. The number of aliphatic carboxylic acids is 1. The van der Waals surface area contributed by atoms with Gasteiger partial charge in [-0.3, -0.25) is 9.59 Å². The Morgan fingerprint density at radius 2 is 1.88 bits per heavy atom. The summed E-state index contributed by atoms with van der Waals surface area (Å²) in [6.07, 6.45) is -0.412. The summed E-state index contributed by atoms with van der Waals surface area (Å²) in [7, 11) is 0. The number of β-lactam (4-membered cyclic amide) rings is 1. The second kappa shape index (κ2) is 8.34. The van der Waals surface area contributed by atoms with Crippen molar-refractivity contribution in [1.29, 1.82) is 0 Å². The van der Waals surface area contributed by atoms with Gasteiger partial charge < -0.3 is 25.5 Å². The van der Waals surface area contributed by atoms with Gasteiger partial charge >= 0.3 is 11.9 Å². The average molecular weight is 461 g/mol. The first kappa shape index (κ1) is 22.5. The van der Waals surface area contributed by atoms with Crippen molar-refractivity contribution in [2.75, 3.05) is 6.54 Å². The van der Waals surface area contributed by atoms with E-state index in [-0.39, 0.29) is 40.2 Å². The van der Waals surface area contributed by atoms with Crippen molar-refractivity contribution in [2.45, 2.75) is 43.7 Å². The van der Waals surface area contributed by atoms with Gasteiger partial charge in [-0.15, -0.1) is 11.8 Å². The number of aliphatic hydroxyl groups is 1. The molecule has 0 spiro atoms. The first-order chi connectivity index (χ1) is 15.1. The molecule has 1 aromatic carbocycles. The Balaban J connectivity index is 1.49. The van der Waals surface area contributed by atoms with Crippen LogP contribution >= 0.6 is 11.8 Å². The summed E-state index contributed by atoms with van der Waals surface area (Å²) in [5.74, 6) is -3.72. The molecule has 0 bridgehead atoms. The number of aromatic carboxylic acids is 1. The fourth-order valence-corrected chi connectivity index (χ4v) is 6.34. The lowest BCUT2D eigenvalue weighted by atomic mass is 9.79. The molecule has 0 saturated carbocycles. The summed E-state index contributed by atoms with van der Waals surface area (Å²) in [6, 6.07) is 5.00. The third-order valence-corrected chi connectivity index (χ3v) is 7.92. The van der Waals surface area contributed by atoms with Crippen molar-refractivity contribution in [3.8, 4) is 0 Å². The van der Waals surface area contributed by atoms with Gasteiger partial charge in [0, 0.05) is 28.2 Å². The molecule has 2 saturated heterocycles. The van der Waals surface area contributed by atoms with Crippen LogP contribution in [-0.2, 0) is 9.59 Å². The third-order valence-electron chi connectivity index (χ3n) is 6.41. The normalized spacial score (nSPS) is 30.2. The molecule has 10 heteroatoms. The molecular weight excluding hydrogens is 436 g/mol. The smallest absolute Gasteiger partial charge is 0.353 e. The zero-order valence-corrected chi connectivity index (χ0v) is 18.3. The second-order valence-corrected chi connectivity index (χ2v) is 9.80. The monoisotopic (exact) mass is 460 g/mol. The second-order valence-electron chi connectivity index (χ2n) is 8.46. The molecule has 3 heterocycles. The number of hydrogen-bond donors (Lipinski definition) is 4. The molecule has 2 fully saturated rings. The number of carboxylic acids is 2. The van der Waals surface area contributed by atoms with E-state index < -0.39 is 30.0 Å². The molecule has 32 heavy (non-hydrogen) atoms. The molecule has 0 aromatic heterocycles. The Hall–Kier alpha value is -2.69. The summed E-state index contributed by atoms with van der Waals surface area (Å²) in [6.45, 7) is 3.87. The maximum atomic E-state index is 12.9. The Morgan fingerprint density at radius 3 is 2.50 bits per heavy atom. The van der Waals surface area contributed by atoms with Crippen LogP contribution in [0.2, 0.25) is 0 Å². The maximum absolute atomic E-state index is 12.9. The Kier molecular flexibility index (Phi) is 5.87. The Bertz CT molecular complexity index is 1040. The molecule has 1 amide bonds. The predicted octanol–water partition coefficient (Wildman–Crippen LogP) is 1.18. The lowest BCUT2D eigenvalue weighted by molar-refractivity contribution is -0.163. The molecule has 3 aliphatic heterocycles. The predicted molar refractivity (Wildman–Crippen MR) is 115 cm³/mol. The number of nitrogens with zero attached hydrogens (tertiary/aromatic N) is 1. The highest BCUT2D eigenvalue weighted by Crippen LogP contribution is 2.51. The first-order valence-corrected chi connectivity index (χ1v) is 11.3. The largest absolute Gasteiger partial charge is 0.478 e. The van der Waals surface area contributed by atoms with Crippen LogP contribution < -0.4 is 5.32 Å². The molecule has 0 radical (unpaired) electrons. The van der Waals surface area contributed by atoms with Gasteiger partial charge in [-0.1, -0.05) is 19.1 Å². The highest BCUT2D eigenvalue weighted by molar-refractivity contribution is 8.03. The van der Waals surface area contributed by atoms with E-state index in [4.69, 9.17) is 5.11 Å². The summed E-state index contributed by atoms with van der Waals surface area (Å²) in [5, 5.41) is 31.9. The number of hydrogen-bond acceptors (Lipinski definition) is 7. The van der Waals surface area contributed by atoms with Gasteiger partial charge in [0.1, 0.15) is 5.70 Å². The summed E-state index contributed by atoms with van der Waals surface area (Å²) >= 11 is 1.36. The van der Waals surface area contributed by atoms with Gasteiger partial charge in [0.25, 0.3) is 0 Å². The van der Waals surface area contributed by atoms with Crippen molar-refractivity contribution in [3.63, 3.8) is 0 Å². The highest BCUT2D eigenvalue weighted by Gasteiger charge is 2.60. The fourth-order valence-electron chi connectivity index (χ4n) is 4.86. The number of fused-ring (bicyclic) bond motifs is 1. The zero-order valence-electron chi connectivity index (χ0n) is 17.5. The quantitative estimate of drug-likeness (QED) is 0.348. The number of thioether (sulfide) groups is 1. The Labute approximate surface area is 188 Å². The van der Waals surface area contributed by atoms with Crippen molar-refractivity contribution in [2.24, 2.45) is 11.8 Å². The number of rotatable bonds is 7. The van der Waals surface area contributed by atoms with Crippen LogP contribution in [0.1, 0.15) is 41.0 Å². The van der Waals surface area contributed by atoms with E-state index in [0.717, 1.165) is 0 Å². The molecule has 9 nitrogen and oxygen atoms in total. The van der Waals surface area contributed by atoms with Gasteiger partial charge in [0.05, 0.1) is 29.7 Å². The average Bonchev–Trinajstić information content (AvgIpc) is 3.29. The number of carboxylic acid groups (broad SMARTS) is 2. The molecule has 4 N–H and O–H groups in total. The number of amides is 1. The van der Waals surface area contributed by atoms with Crippen molar-refractivity contribution < 1.29 is 34.5 Å². The number of carbonyl (C=O) groups is 4. The van der Waals surface area contributed by atoms with E-state index in [0.29, 0.717) is 23.4 Å². The van der Waals surface area contributed by atoms with E-state index >= 15 is 0 Å². The molecular formula is C22H24N2O7S. The van der Waals surface area contributed by atoms with Crippen molar-refractivity contribution in [1.82, 2.24) is 10.2 Å². The van der Waals surface area contributed by atoms with Crippen LogP contribution in [0.15, 0.2) is 34.9 Å². The fraction of sp³-hybridized carbons (Fsp3) is 0.455. The van der Waals surface area contributed by atoms with Crippen LogP contribution in [0.25, 0.3) is 0 Å². The minimum Gasteiger partial charge on any atom is -0.478 e. The highest BCUT2D eigenvalue weighted by atomic mass is 32.2. The summed E-state index contributed by atoms with van der Waals surface area (Å²) < 4.78 is 0. The number of ketones is 1. The van der Waals surface area contributed by atoms with Gasteiger partial charge in [-0.05, 0) is 25.5 Å². The van der Waals surface area contributed by atoms with E-state index in [1.165, 1.54) is 41.8 Å². The van der Waals surface area contributed by atoms with Gasteiger partial charge in [-0.25, -0.2) is 9.59 Å². The van der Waals surface area contributed by atoms with Gasteiger partial charge in [-0.2, -0.15) is 0 Å². The van der Waals surface area contributed by atoms with Crippen LogP contribution in [0.5, 0.6) is 0 Å². The molecule has 4 rings (SSSR count). The molecule has 1 aromatic rings. The Morgan fingerprint density at radius 1 is 1.19 bits per heavy atom. The minimum atomic E-state index is -1.18. The summed E-state index contributed by atoms with van der Waals surface area (Å²) in [5.41, 5.74) is 0.318. The molecule has 170 valence electrons. The number of benzene rings is 1. The zero-order chi connectivity index (χ0) is 23.3. The van der Waals surface area contributed by atoms with Crippen LogP contribution in [0.4, 0.5) is 0 Å². The molecule has 0 unspecified atom stereocenters. The number of nitrogens with one attached hydrogen (secondary N) is 1. The molecule has 3 aliphatic rings. The van der Waals surface area contributed by atoms with Gasteiger partial charge in [0.2, 0.25) is 5.91 Å². The van der Waals surface area contributed by atoms with Crippen molar-refractivity contribution >= 4 is 35.4 Å². The molecule has 0 aliphatic carbocycles. The van der Waals surface area contributed by atoms with E-state index in [1.807, 2.05) is 6.92 Å². The molecule has 6 atom stereocenters. The lowest BCUT2D eigenvalue weighted by Crippen LogP contribution is -2.63. The van der Waals surface area contributed by atoms with Crippen LogP contribution in [0.3, 0.4) is 0 Å². The van der Waals surface area contributed by atoms with Crippen LogP contribution in [-0.4, -0.2) is 73.8 Å². The van der Waals surface area contributed by atoms with E-state index in [9.17, 15) is 29.4 Å². The minimum absolute atomic E-state index is 0.0293. The van der Waals surface area contributed by atoms with Crippen molar-refractivity contribution in [3.05, 3.63) is 46.0 Å². The maximum Gasteiger partial charge on any atom is 0.353 e. The van der Waals surface area contributed by atoms with E-state index in [1.54, 1.807) is 6.07 Å². The number of carbonyl (C=O) groups excluding carboxylic acids is 2. The lowest BCUT2D eigenvalue weighted by Gasteiger charge is -2.46.